The highest BCUT2D eigenvalue weighted by Gasteiger charge is 2.19. The van der Waals surface area contributed by atoms with E-state index in [-0.39, 0.29) is 5.56 Å². The van der Waals surface area contributed by atoms with Crippen LogP contribution in [0.25, 0.3) is 0 Å². The first kappa shape index (κ1) is 18.5. The normalized spacial score (nSPS) is 11.2. The third-order valence-corrected chi connectivity index (χ3v) is 4.12. The quantitative estimate of drug-likeness (QED) is 0.581. The molecular formula is C19H30O3. The maximum absolute atomic E-state index is 11.5. The van der Waals surface area contributed by atoms with Gasteiger partial charge in [-0.15, -0.1) is 0 Å². The molecular weight excluding hydrogens is 276 g/mol. The van der Waals surface area contributed by atoms with Crippen LogP contribution in [0.1, 0.15) is 81.6 Å². The molecule has 0 radical (unpaired) electrons. The summed E-state index contributed by atoms with van der Waals surface area (Å²) in [7, 11) is 0. The van der Waals surface area contributed by atoms with Gasteiger partial charge in [-0.1, -0.05) is 46.2 Å². The van der Waals surface area contributed by atoms with E-state index >= 15 is 0 Å². The minimum Gasteiger partial charge on any atom is -0.492 e. The first-order chi connectivity index (χ1) is 10.5. The predicted molar refractivity (Wildman–Crippen MR) is 90.9 cm³/mol. The van der Waals surface area contributed by atoms with Crippen molar-refractivity contribution in [3.05, 3.63) is 29.3 Å². The Hall–Kier alpha value is -1.51. The fourth-order valence-corrected chi connectivity index (χ4v) is 2.76. The molecule has 1 aromatic carbocycles. The monoisotopic (exact) mass is 306 g/mol. The van der Waals surface area contributed by atoms with Gasteiger partial charge >= 0.3 is 5.97 Å². The van der Waals surface area contributed by atoms with Gasteiger partial charge in [-0.05, 0) is 49.1 Å². The van der Waals surface area contributed by atoms with Crippen molar-refractivity contribution in [2.24, 2.45) is 5.92 Å². The highest BCUT2D eigenvalue weighted by Crippen LogP contribution is 2.34. The number of unbranched alkanes of at least 4 members (excludes halogenated alkanes) is 1. The van der Waals surface area contributed by atoms with E-state index in [0.29, 0.717) is 24.2 Å². The van der Waals surface area contributed by atoms with Gasteiger partial charge in [0.15, 0.2) is 0 Å². The lowest BCUT2D eigenvalue weighted by Gasteiger charge is -2.19. The number of hydrogen-bond donors (Lipinski definition) is 1. The van der Waals surface area contributed by atoms with Crippen LogP contribution in [0.2, 0.25) is 0 Å². The zero-order chi connectivity index (χ0) is 16.5. The van der Waals surface area contributed by atoms with Gasteiger partial charge in [0.05, 0.1) is 6.61 Å². The predicted octanol–water partition coefficient (Wildman–Crippen LogP) is 5.49. The fourth-order valence-electron chi connectivity index (χ4n) is 2.76. The van der Waals surface area contributed by atoms with Crippen molar-refractivity contribution in [1.29, 1.82) is 0 Å². The van der Waals surface area contributed by atoms with Crippen molar-refractivity contribution in [1.82, 2.24) is 0 Å². The van der Waals surface area contributed by atoms with E-state index in [1.54, 1.807) is 6.07 Å². The number of carboxylic acid groups (broad SMARTS) is 1. The molecule has 0 aromatic heterocycles. The average molecular weight is 306 g/mol. The standard InChI is InChI=1S/C19H30O3/c1-5-15(6-2)16-11-9-12-17(19(20)21)18(16)22-13-8-7-10-14(3)4/h9,11-12,14-15H,5-8,10,13H2,1-4H3,(H,20,21). The van der Waals surface area contributed by atoms with Crippen LogP contribution in [-0.2, 0) is 0 Å². The number of hydrogen-bond acceptors (Lipinski definition) is 2. The largest absolute Gasteiger partial charge is 0.492 e. The summed E-state index contributed by atoms with van der Waals surface area (Å²) in [6.07, 6.45) is 5.25. The molecule has 0 aliphatic heterocycles. The van der Waals surface area contributed by atoms with Gasteiger partial charge in [0.1, 0.15) is 11.3 Å². The third-order valence-electron chi connectivity index (χ3n) is 4.12. The first-order valence-corrected chi connectivity index (χ1v) is 8.50. The van der Waals surface area contributed by atoms with Crippen LogP contribution in [0, 0.1) is 5.92 Å². The van der Waals surface area contributed by atoms with Gasteiger partial charge < -0.3 is 9.84 Å². The molecule has 0 saturated heterocycles. The Bertz CT molecular complexity index is 462. The zero-order valence-corrected chi connectivity index (χ0v) is 14.4. The molecule has 3 heteroatoms. The number of ether oxygens (including phenoxy) is 1. The van der Waals surface area contributed by atoms with Crippen LogP contribution < -0.4 is 4.74 Å². The smallest absolute Gasteiger partial charge is 0.339 e. The van der Waals surface area contributed by atoms with Gasteiger partial charge in [0, 0.05) is 0 Å². The SMILES string of the molecule is CCC(CC)c1cccc(C(=O)O)c1OCCCCC(C)C. The van der Waals surface area contributed by atoms with Gasteiger partial charge in [-0.3, -0.25) is 0 Å². The highest BCUT2D eigenvalue weighted by atomic mass is 16.5. The second kappa shape index (κ2) is 9.50. The minimum absolute atomic E-state index is 0.285. The molecule has 0 heterocycles. The molecule has 1 N–H and O–H groups in total. The summed E-state index contributed by atoms with van der Waals surface area (Å²) in [6.45, 7) is 9.28. The van der Waals surface area contributed by atoms with Gasteiger partial charge in [-0.25, -0.2) is 4.79 Å². The molecule has 0 spiro atoms. The second-order valence-electron chi connectivity index (χ2n) is 6.28. The Labute approximate surface area is 134 Å². The molecule has 3 nitrogen and oxygen atoms in total. The van der Waals surface area contributed by atoms with Crippen LogP contribution in [0.5, 0.6) is 5.75 Å². The maximum Gasteiger partial charge on any atom is 0.339 e. The summed E-state index contributed by atoms with van der Waals surface area (Å²) in [4.78, 5) is 11.5. The summed E-state index contributed by atoms with van der Waals surface area (Å²) in [5.74, 6) is 0.717. The molecule has 0 bridgehead atoms. The number of benzene rings is 1. The van der Waals surface area contributed by atoms with E-state index in [9.17, 15) is 9.90 Å². The lowest BCUT2D eigenvalue weighted by molar-refractivity contribution is 0.0691. The van der Waals surface area contributed by atoms with Crippen LogP contribution in [0.4, 0.5) is 0 Å². The van der Waals surface area contributed by atoms with E-state index in [0.717, 1.165) is 31.2 Å². The summed E-state index contributed by atoms with van der Waals surface area (Å²) >= 11 is 0. The first-order valence-electron chi connectivity index (χ1n) is 8.50. The molecule has 1 rings (SSSR count). The minimum atomic E-state index is -0.912. The summed E-state index contributed by atoms with van der Waals surface area (Å²) < 4.78 is 5.92. The summed E-state index contributed by atoms with van der Waals surface area (Å²) in [6, 6.07) is 5.47. The molecule has 0 aliphatic carbocycles. The molecule has 0 atom stereocenters. The van der Waals surface area contributed by atoms with E-state index < -0.39 is 5.97 Å². The Morgan fingerprint density at radius 3 is 2.41 bits per heavy atom. The topological polar surface area (TPSA) is 46.5 Å². The zero-order valence-electron chi connectivity index (χ0n) is 14.4. The molecule has 0 saturated carbocycles. The fraction of sp³-hybridized carbons (Fsp3) is 0.632. The van der Waals surface area contributed by atoms with E-state index in [1.807, 2.05) is 12.1 Å². The van der Waals surface area contributed by atoms with Crippen molar-refractivity contribution in [2.45, 2.75) is 65.7 Å². The molecule has 0 amide bonds. The van der Waals surface area contributed by atoms with Crippen LogP contribution in [0.15, 0.2) is 18.2 Å². The van der Waals surface area contributed by atoms with Crippen molar-refractivity contribution in [2.75, 3.05) is 6.61 Å². The number of para-hydroxylation sites is 1. The summed E-state index contributed by atoms with van der Waals surface area (Å²) in [5, 5.41) is 9.41. The third kappa shape index (κ3) is 5.36. The molecule has 0 unspecified atom stereocenters. The van der Waals surface area contributed by atoms with Gasteiger partial charge in [0.25, 0.3) is 0 Å². The highest BCUT2D eigenvalue weighted by molar-refractivity contribution is 5.91. The van der Waals surface area contributed by atoms with Crippen molar-refractivity contribution in [3.63, 3.8) is 0 Å². The Morgan fingerprint density at radius 1 is 1.18 bits per heavy atom. The Kier molecular flexibility index (Phi) is 8.00. The second-order valence-corrected chi connectivity index (χ2v) is 6.28. The molecule has 1 aromatic rings. The summed E-state index contributed by atoms with van der Waals surface area (Å²) in [5.41, 5.74) is 1.32. The van der Waals surface area contributed by atoms with Crippen molar-refractivity contribution >= 4 is 5.97 Å². The number of carboxylic acids is 1. The van der Waals surface area contributed by atoms with Crippen molar-refractivity contribution < 1.29 is 14.6 Å². The number of aromatic carboxylic acids is 1. The van der Waals surface area contributed by atoms with E-state index in [1.165, 1.54) is 6.42 Å². The molecule has 0 fully saturated rings. The van der Waals surface area contributed by atoms with E-state index in [2.05, 4.69) is 27.7 Å². The Morgan fingerprint density at radius 2 is 1.86 bits per heavy atom. The Balaban J connectivity index is 2.86. The van der Waals surface area contributed by atoms with Gasteiger partial charge in [0.2, 0.25) is 0 Å². The van der Waals surface area contributed by atoms with Crippen LogP contribution in [-0.4, -0.2) is 17.7 Å². The lowest BCUT2D eigenvalue weighted by Crippen LogP contribution is -2.09. The molecule has 22 heavy (non-hydrogen) atoms. The van der Waals surface area contributed by atoms with E-state index in [4.69, 9.17) is 4.74 Å². The lowest BCUT2D eigenvalue weighted by atomic mass is 9.91. The number of rotatable bonds is 10. The molecule has 124 valence electrons. The van der Waals surface area contributed by atoms with Gasteiger partial charge in [-0.2, -0.15) is 0 Å². The van der Waals surface area contributed by atoms with Crippen molar-refractivity contribution in [3.8, 4) is 5.75 Å². The van der Waals surface area contributed by atoms with Crippen LogP contribution in [0.3, 0.4) is 0 Å². The molecule has 0 aliphatic rings. The van der Waals surface area contributed by atoms with Crippen LogP contribution >= 0.6 is 0 Å². The average Bonchev–Trinajstić information content (AvgIpc) is 2.48. The maximum atomic E-state index is 11.5. The number of carbonyl (C=O) groups is 1.